The smallest absolute Gasteiger partial charge is 0.266 e. The molecule has 1 heterocycles. The van der Waals surface area contributed by atoms with Gasteiger partial charge >= 0.3 is 0 Å². The van der Waals surface area contributed by atoms with Crippen LogP contribution in [0.5, 0.6) is 0 Å². The third kappa shape index (κ3) is 3.01. The Hall–Kier alpha value is -1.68. The van der Waals surface area contributed by atoms with E-state index in [0.29, 0.717) is 14.8 Å². The van der Waals surface area contributed by atoms with Gasteiger partial charge in [-0.1, -0.05) is 36.1 Å². The molecule has 0 radical (unpaired) electrons. The fourth-order valence-electron chi connectivity index (χ4n) is 1.60. The lowest BCUT2D eigenvalue weighted by molar-refractivity contribution is -0.122. The molecule has 0 spiro atoms. The summed E-state index contributed by atoms with van der Waals surface area (Å²) in [6.45, 7) is 0.103. The highest BCUT2D eigenvalue weighted by molar-refractivity contribution is 8.26. The number of rotatable bonds is 3. The highest BCUT2D eigenvalue weighted by Gasteiger charge is 2.31. The van der Waals surface area contributed by atoms with E-state index in [2.05, 4.69) is 0 Å². The first-order valence-electron chi connectivity index (χ1n) is 5.52. The van der Waals surface area contributed by atoms with Crippen LogP contribution in [0, 0.1) is 11.3 Å². The van der Waals surface area contributed by atoms with Crippen molar-refractivity contribution in [1.82, 2.24) is 4.90 Å². The average Bonchev–Trinajstić information content (AvgIpc) is 2.68. The Balaban J connectivity index is 2.22. The van der Waals surface area contributed by atoms with Crippen LogP contribution in [0.2, 0.25) is 0 Å². The molecule has 0 saturated carbocycles. The summed E-state index contributed by atoms with van der Waals surface area (Å²) in [5.74, 6) is -0.187. The van der Waals surface area contributed by atoms with Crippen LogP contribution in [0.4, 0.5) is 0 Å². The fourth-order valence-corrected chi connectivity index (χ4v) is 2.91. The topological polar surface area (TPSA) is 64.3 Å². The number of benzene rings is 1. The van der Waals surface area contributed by atoms with Crippen LogP contribution in [0.1, 0.15) is 11.1 Å². The summed E-state index contributed by atoms with van der Waals surface area (Å²) < 4.78 is 0.457. The summed E-state index contributed by atoms with van der Waals surface area (Å²) in [5, 5.41) is 17.6. The number of β-amino-alcohol motifs (C(OH)–C–C–N with tert-alkyl or cyclic N) is 1. The zero-order valence-corrected chi connectivity index (χ0v) is 11.5. The summed E-state index contributed by atoms with van der Waals surface area (Å²) in [6, 6.07) is 8.98. The highest BCUT2D eigenvalue weighted by atomic mass is 32.2. The minimum absolute atomic E-state index is 0.114. The predicted molar refractivity (Wildman–Crippen MR) is 78.1 cm³/mol. The normalized spacial score (nSPS) is 17.1. The lowest BCUT2D eigenvalue weighted by atomic mass is 10.1. The summed E-state index contributed by atoms with van der Waals surface area (Å²) in [7, 11) is 0. The van der Waals surface area contributed by atoms with Crippen molar-refractivity contribution in [2.24, 2.45) is 0 Å². The van der Waals surface area contributed by atoms with E-state index in [4.69, 9.17) is 22.6 Å². The van der Waals surface area contributed by atoms with E-state index in [0.717, 1.165) is 5.56 Å². The molecule has 0 aliphatic carbocycles. The van der Waals surface area contributed by atoms with Gasteiger partial charge in [0.1, 0.15) is 4.32 Å². The van der Waals surface area contributed by atoms with Crippen molar-refractivity contribution in [2.45, 2.75) is 0 Å². The molecule has 1 aromatic carbocycles. The molecule has 0 bridgehead atoms. The lowest BCUT2D eigenvalue weighted by Gasteiger charge is -2.11. The van der Waals surface area contributed by atoms with Crippen LogP contribution >= 0.6 is 24.0 Å². The second kappa shape index (κ2) is 5.97. The van der Waals surface area contributed by atoms with Crippen molar-refractivity contribution in [3.63, 3.8) is 0 Å². The van der Waals surface area contributed by atoms with Crippen LogP contribution in [0.3, 0.4) is 0 Å². The van der Waals surface area contributed by atoms with Gasteiger partial charge in [-0.3, -0.25) is 9.69 Å². The number of aliphatic hydroxyl groups excluding tert-OH is 1. The molecule has 1 fully saturated rings. The van der Waals surface area contributed by atoms with Crippen molar-refractivity contribution in [2.75, 3.05) is 13.2 Å². The molecule has 0 unspecified atom stereocenters. The zero-order valence-electron chi connectivity index (χ0n) is 9.87. The molecule has 1 N–H and O–H groups in total. The quantitative estimate of drug-likeness (QED) is 0.679. The van der Waals surface area contributed by atoms with Crippen molar-refractivity contribution in [1.29, 1.82) is 5.26 Å². The molecule has 1 amide bonds. The van der Waals surface area contributed by atoms with E-state index >= 15 is 0 Å². The highest BCUT2D eigenvalue weighted by Crippen LogP contribution is 2.32. The van der Waals surface area contributed by atoms with Gasteiger partial charge in [-0.25, -0.2) is 0 Å². The number of carbonyl (C=O) groups excluding carboxylic acids is 1. The fraction of sp³-hybridized carbons (Fsp3) is 0.154. The first-order chi connectivity index (χ1) is 9.15. The summed E-state index contributed by atoms with van der Waals surface area (Å²) in [5.41, 5.74) is 1.41. The van der Waals surface area contributed by atoms with Gasteiger partial charge in [0.05, 0.1) is 29.7 Å². The third-order valence-electron chi connectivity index (χ3n) is 2.53. The first kappa shape index (κ1) is 13.7. The Morgan fingerprint density at radius 1 is 1.42 bits per heavy atom. The predicted octanol–water partition coefficient (Wildman–Crippen LogP) is 1.75. The molecule has 1 aromatic rings. The van der Waals surface area contributed by atoms with Gasteiger partial charge in [-0.2, -0.15) is 5.26 Å². The number of hydrogen-bond acceptors (Lipinski definition) is 5. The minimum Gasteiger partial charge on any atom is -0.395 e. The average molecular weight is 290 g/mol. The Morgan fingerprint density at radius 3 is 2.68 bits per heavy atom. The van der Waals surface area contributed by atoms with Gasteiger partial charge in [0.15, 0.2) is 0 Å². The van der Waals surface area contributed by atoms with Crippen LogP contribution in [-0.4, -0.2) is 33.4 Å². The van der Waals surface area contributed by atoms with Crippen LogP contribution in [0.15, 0.2) is 29.2 Å². The second-order valence-corrected chi connectivity index (χ2v) is 5.47. The largest absolute Gasteiger partial charge is 0.395 e. The van der Waals surface area contributed by atoms with E-state index in [1.165, 1.54) is 16.7 Å². The molecule has 0 atom stereocenters. The lowest BCUT2D eigenvalue weighted by Crippen LogP contribution is -2.30. The third-order valence-corrected chi connectivity index (χ3v) is 3.91. The first-order valence-corrected chi connectivity index (χ1v) is 6.74. The maximum atomic E-state index is 12.0. The molecule has 96 valence electrons. The van der Waals surface area contributed by atoms with Crippen molar-refractivity contribution >= 4 is 40.3 Å². The molecular formula is C13H10N2O2S2. The van der Waals surface area contributed by atoms with Crippen LogP contribution < -0.4 is 0 Å². The Morgan fingerprint density at radius 2 is 2.11 bits per heavy atom. The summed E-state index contributed by atoms with van der Waals surface area (Å²) in [6.07, 6.45) is 1.73. The van der Waals surface area contributed by atoms with E-state index in [1.54, 1.807) is 30.3 Å². The number of amides is 1. The van der Waals surface area contributed by atoms with Crippen LogP contribution in [0.25, 0.3) is 6.08 Å². The number of thiocarbonyl (C=S) groups is 1. The monoisotopic (exact) mass is 290 g/mol. The molecular weight excluding hydrogens is 280 g/mol. The molecule has 4 nitrogen and oxygen atoms in total. The molecule has 6 heteroatoms. The molecule has 2 rings (SSSR count). The molecule has 0 aromatic heterocycles. The van der Waals surface area contributed by atoms with E-state index < -0.39 is 0 Å². The van der Waals surface area contributed by atoms with E-state index in [9.17, 15) is 4.79 Å². The van der Waals surface area contributed by atoms with Gasteiger partial charge in [0.25, 0.3) is 5.91 Å². The maximum Gasteiger partial charge on any atom is 0.266 e. The zero-order chi connectivity index (χ0) is 13.8. The number of thioether (sulfide) groups is 1. The number of aliphatic hydroxyl groups is 1. The Bertz CT molecular complexity index is 588. The van der Waals surface area contributed by atoms with Crippen molar-refractivity contribution in [3.05, 3.63) is 40.3 Å². The van der Waals surface area contributed by atoms with Gasteiger partial charge in [-0.05, 0) is 23.8 Å². The summed E-state index contributed by atoms with van der Waals surface area (Å²) in [4.78, 5) is 13.9. The van der Waals surface area contributed by atoms with Crippen molar-refractivity contribution in [3.8, 4) is 6.07 Å². The molecule has 1 aliphatic rings. The molecule has 19 heavy (non-hydrogen) atoms. The van der Waals surface area contributed by atoms with Crippen LogP contribution in [-0.2, 0) is 4.79 Å². The summed E-state index contributed by atoms with van der Waals surface area (Å²) >= 11 is 6.31. The number of carbonyl (C=O) groups is 1. The second-order valence-electron chi connectivity index (χ2n) is 3.79. The minimum atomic E-state index is -0.187. The molecule has 1 aliphatic heterocycles. The van der Waals surface area contributed by atoms with E-state index in [1.807, 2.05) is 6.07 Å². The Labute approximate surface area is 120 Å². The van der Waals surface area contributed by atoms with E-state index in [-0.39, 0.29) is 19.1 Å². The Kier molecular flexibility index (Phi) is 4.32. The SMILES string of the molecule is N#Cc1ccc(/C=C2\SC(=S)N(CCO)C2=O)cc1. The number of hydrogen-bond donors (Lipinski definition) is 1. The molecule has 1 saturated heterocycles. The van der Waals surface area contributed by atoms with Gasteiger partial charge in [0, 0.05) is 0 Å². The number of nitrogens with zero attached hydrogens (tertiary/aromatic N) is 2. The van der Waals surface area contributed by atoms with Gasteiger partial charge in [-0.15, -0.1) is 0 Å². The number of nitriles is 1. The van der Waals surface area contributed by atoms with Crippen molar-refractivity contribution < 1.29 is 9.90 Å². The van der Waals surface area contributed by atoms with Gasteiger partial charge in [0.2, 0.25) is 0 Å². The van der Waals surface area contributed by atoms with Gasteiger partial charge < -0.3 is 5.11 Å². The maximum absolute atomic E-state index is 12.0. The standard InChI is InChI=1S/C13H10N2O2S2/c14-8-10-3-1-9(2-4-10)7-11-12(17)15(5-6-16)13(18)19-11/h1-4,7,16H,5-6H2/b11-7-.